The SMILES string of the molecule is O=C(O)C(O)(CO)C(=O)CO. The maximum Gasteiger partial charge on any atom is 0.346 e. The van der Waals surface area contributed by atoms with Crippen LogP contribution in [-0.2, 0) is 9.59 Å². The largest absolute Gasteiger partial charge is 0.479 e. The van der Waals surface area contributed by atoms with Crippen LogP contribution in [0.4, 0.5) is 0 Å². The normalized spacial score (nSPS) is 15.5. The van der Waals surface area contributed by atoms with Crippen LogP contribution in [0.5, 0.6) is 0 Å². The number of carboxylic acid groups (broad SMARTS) is 1. The van der Waals surface area contributed by atoms with Gasteiger partial charge in [0.05, 0.1) is 6.61 Å². The zero-order valence-electron chi connectivity index (χ0n) is 5.52. The van der Waals surface area contributed by atoms with Crippen molar-refractivity contribution in [1.29, 1.82) is 0 Å². The van der Waals surface area contributed by atoms with Crippen LogP contribution in [0.3, 0.4) is 0 Å². The number of Topliss-reactive ketones (excluding diaryl/α,β-unsaturated/α-hetero) is 1. The first-order chi connectivity index (χ1) is 4.99. The predicted octanol–water partition coefficient (Wildman–Crippen LogP) is -2.64. The zero-order chi connectivity index (χ0) is 9.07. The van der Waals surface area contributed by atoms with Gasteiger partial charge in [-0.15, -0.1) is 0 Å². The quantitative estimate of drug-likeness (QED) is 0.337. The molecule has 0 aromatic heterocycles. The number of carboxylic acids is 1. The molecule has 0 radical (unpaired) electrons. The summed E-state index contributed by atoms with van der Waals surface area (Å²) in [6.07, 6.45) is 0. The number of aliphatic hydroxyl groups is 3. The summed E-state index contributed by atoms with van der Waals surface area (Å²) >= 11 is 0. The van der Waals surface area contributed by atoms with Gasteiger partial charge in [0.15, 0.2) is 0 Å². The maximum atomic E-state index is 10.5. The van der Waals surface area contributed by atoms with Gasteiger partial charge in [0.1, 0.15) is 6.61 Å². The van der Waals surface area contributed by atoms with E-state index in [1.54, 1.807) is 0 Å². The van der Waals surface area contributed by atoms with Crippen molar-refractivity contribution >= 4 is 11.8 Å². The van der Waals surface area contributed by atoms with Crippen LogP contribution in [0.1, 0.15) is 0 Å². The molecule has 0 aromatic carbocycles. The number of hydrogen-bond acceptors (Lipinski definition) is 5. The van der Waals surface area contributed by atoms with E-state index in [2.05, 4.69) is 0 Å². The highest BCUT2D eigenvalue weighted by atomic mass is 16.4. The van der Waals surface area contributed by atoms with Crippen LogP contribution >= 0.6 is 0 Å². The Morgan fingerprint density at radius 2 is 1.73 bits per heavy atom. The Kier molecular flexibility index (Phi) is 3.12. The summed E-state index contributed by atoms with van der Waals surface area (Å²) in [5, 5.41) is 33.5. The third-order valence-electron chi connectivity index (χ3n) is 1.19. The molecular weight excluding hydrogens is 156 g/mol. The number of carbonyl (C=O) groups is 2. The molecule has 0 aliphatic carbocycles. The van der Waals surface area contributed by atoms with Gasteiger partial charge in [-0.2, -0.15) is 0 Å². The van der Waals surface area contributed by atoms with E-state index in [-0.39, 0.29) is 0 Å². The van der Waals surface area contributed by atoms with E-state index in [0.717, 1.165) is 0 Å². The minimum Gasteiger partial charge on any atom is -0.479 e. The molecule has 0 amide bonds. The minimum atomic E-state index is -2.87. The van der Waals surface area contributed by atoms with Crippen LogP contribution in [0.25, 0.3) is 0 Å². The van der Waals surface area contributed by atoms with Crippen molar-refractivity contribution in [2.24, 2.45) is 0 Å². The average molecular weight is 164 g/mol. The number of carbonyl (C=O) groups excluding carboxylic acids is 1. The van der Waals surface area contributed by atoms with Crippen LogP contribution in [0, 0.1) is 0 Å². The van der Waals surface area contributed by atoms with Gasteiger partial charge >= 0.3 is 5.97 Å². The van der Waals surface area contributed by atoms with Gasteiger partial charge in [0.2, 0.25) is 11.4 Å². The smallest absolute Gasteiger partial charge is 0.346 e. The Labute approximate surface area is 61.7 Å². The van der Waals surface area contributed by atoms with Crippen molar-refractivity contribution in [3.63, 3.8) is 0 Å². The molecule has 0 saturated heterocycles. The van der Waals surface area contributed by atoms with Crippen molar-refractivity contribution in [3.05, 3.63) is 0 Å². The fourth-order valence-corrected chi connectivity index (χ4v) is 0.406. The summed E-state index contributed by atoms with van der Waals surface area (Å²) in [7, 11) is 0. The summed E-state index contributed by atoms with van der Waals surface area (Å²) in [5.41, 5.74) is -2.87. The molecule has 0 aromatic rings. The Balaban J connectivity index is 4.59. The van der Waals surface area contributed by atoms with Gasteiger partial charge in [0.25, 0.3) is 0 Å². The standard InChI is InChI=1S/C5H8O6/c6-1-3(8)5(11,2-7)4(9)10/h6-7,11H,1-2H2,(H,9,10). The van der Waals surface area contributed by atoms with E-state index >= 15 is 0 Å². The number of aliphatic carboxylic acids is 1. The first-order valence-electron chi connectivity index (χ1n) is 2.70. The molecule has 6 nitrogen and oxygen atoms in total. The summed E-state index contributed by atoms with van der Waals surface area (Å²) in [6.45, 7) is -2.37. The van der Waals surface area contributed by atoms with Gasteiger partial charge in [-0.3, -0.25) is 4.79 Å². The number of ketones is 1. The zero-order valence-corrected chi connectivity index (χ0v) is 5.52. The second kappa shape index (κ2) is 3.42. The Morgan fingerprint density at radius 3 is 1.82 bits per heavy atom. The topological polar surface area (TPSA) is 115 Å². The third kappa shape index (κ3) is 1.73. The lowest BCUT2D eigenvalue weighted by atomic mass is 10.0. The molecule has 64 valence electrons. The van der Waals surface area contributed by atoms with Crippen molar-refractivity contribution < 1.29 is 30.0 Å². The van der Waals surface area contributed by atoms with Crippen molar-refractivity contribution in [3.8, 4) is 0 Å². The Hall–Kier alpha value is -0.980. The molecule has 0 aliphatic rings. The van der Waals surface area contributed by atoms with Crippen LogP contribution < -0.4 is 0 Å². The fourth-order valence-electron chi connectivity index (χ4n) is 0.406. The second-order valence-electron chi connectivity index (χ2n) is 1.90. The molecule has 0 fully saturated rings. The van der Waals surface area contributed by atoms with Crippen LogP contribution in [0.2, 0.25) is 0 Å². The van der Waals surface area contributed by atoms with E-state index in [1.807, 2.05) is 0 Å². The molecule has 0 bridgehead atoms. The van der Waals surface area contributed by atoms with Crippen molar-refractivity contribution in [1.82, 2.24) is 0 Å². The van der Waals surface area contributed by atoms with Crippen molar-refractivity contribution in [2.45, 2.75) is 5.60 Å². The van der Waals surface area contributed by atoms with Gasteiger partial charge in [-0.25, -0.2) is 4.79 Å². The first kappa shape index (κ1) is 10.0. The maximum absolute atomic E-state index is 10.5. The summed E-state index contributed by atoms with van der Waals surface area (Å²) < 4.78 is 0. The number of hydrogen-bond donors (Lipinski definition) is 4. The predicted molar refractivity (Wildman–Crippen MR) is 31.8 cm³/mol. The molecule has 0 aliphatic heterocycles. The van der Waals surface area contributed by atoms with E-state index in [1.165, 1.54) is 0 Å². The Bertz CT molecular complexity index is 176. The molecule has 0 saturated carbocycles. The van der Waals surface area contributed by atoms with E-state index in [0.29, 0.717) is 0 Å². The molecule has 0 heterocycles. The van der Waals surface area contributed by atoms with Gasteiger partial charge in [0, 0.05) is 0 Å². The van der Waals surface area contributed by atoms with Gasteiger partial charge in [-0.05, 0) is 0 Å². The minimum absolute atomic E-state index is 1.12. The molecular formula is C5H8O6. The molecule has 6 heteroatoms. The fraction of sp³-hybridized carbons (Fsp3) is 0.600. The van der Waals surface area contributed by atoms with Crippen molar-refractivity contribution in [2.75, 3.05) is 13.2 Å². The van der Waals surface area contributed by atoms with Gasteiger partial charge < -0.3 is 20.4 Å². The molecule has 4 N–H and O–H groups in total. The molecule has 0 rings (SSSR count). The summed E-state index contributed by atoms with van der Waals surface area (Å²) in [6, 6.07) is 0. The van der Waals surface area contributed by atoms with Crippen LogP contribution in [-0.4, -0.2) is 51.0 Å². The molecule has 1 atom stereocenters. The lowest BCUT2D eigenvalue weighted by molar-refractivity contribution is -0.170. The highest BCUT2D eigenvalue weighted by molar-refractivity contribution is 6.06. The second-order valence-corrected chi connectivity index (χ2v) is 1.90. The van der Waals surface area contributed by atoms with Crippen LogP contribution in [0.15, 0.2) is 0 Å². The molecule has 1 unspecified atom stereocenters. The van der Waals surface area contributed by atoms with E-state index < -0.39 is 30.6 Å². The monoisotopic (exact) mass is 164 g/mol. The third-order valence-corrected chi connectivity index (χ3v) is 1.19. The molecule has 0 spiro atoms. The van der Waals surface area contributed by atoms with E-state index in [4.69, 9.17) is 20.4 Å². The first-order valence-corrected chi connectivity index (χ1v) is 2.70. The van der Waals surface area contributed by atoms with Gasteiger partial charge in [-0.1, -0.05) is 0 Å². The highest BCUT2D eigenvalue weighted by Crippen LogP contribution is 2.04. The summed E-state index contributed by atoms with van der Waals surface area (Å²) in [4.78, 5) is 20.6. The molecule has 11 heavy (non-hydrogen) atoms. The highest BCUT2D eigenvalue weighted by Gasteiger charge is 2.42. The van der Waals surface area contributed by atoms with E-state index in [9.17, 15) is 9.59 Å². The number of rotatable bonds is 4. The number of aliphatic hydroxyl groups excluding tert-OH is 2. The summed E-state index contributed by atoms with van der Waals surface area (Å²) in [5.74, 6) is -3.22. The Morgan fingerprint density at radius 1 is 1.27 bits per heavy atom. The lowest BCUT2D eigenvalue weighted by Gasteiger charge is -2.16. The average Bonchev–Trinajstić information content (AvgIpc) is 2.01. The lowest BCUT2D eigenvalue weighted by Crippen LogP contribution is -2.51.